The molecule has 0 spiro atoms. The quantitative estimate of drug-likeness (QED) is 0.471. The summed E-state index contributed by atoms with van der Waals surface area (Å²) in [6.07, 6.45) is 2.32. The van der Waals surface area contributed by atoms with Crippen molar-refractivity contribution in [3.8, 4) is 0 Å². The summed E-state index contributed by atoms with van der Waals surface area (Å²) in [4.78, 5) is 12.7. The van der Waals surface area contributed by atoms with Gasteiger partial charge in [0.05, 0.1) is 17.8 Å². The molecule has 0 atom stereocenters. The van der Waals surface area contributed by atoms with E-state index < -0.39 is 0 Å². The van der Waals surface area contributed by atoms with Gasteiger partial charge in [0.1, 0.15) is 11.3 Å². The third-order valence-electron chi connectivity index (χ3n) is 4.82. The van der Waals surface area contributed by atoms with Gasteiger partial charge in [-0.1, -0.05) is 59.4 Å². The molecule has 0 amide bonds. The SMILES string of the molecule is O=c1c2ccccc2nnn1CSc1nnc(C2CC2)n1Cc1ccccc1. The fourth-order valence-corrected chi connectivity index (χ4v) is 4.01. The summed E-state index contributed by atoms with van der Waals surface area (Å²) < 4.78 is 3.54. The highest BCUT2D eigenvalue weighted by Gasteiger charge is 2.30. The highest BCUT2D eigenvalue weighted by Crippen LogP contribution is 2.40. The maximum Gasteiger partial charge on any atom is 0.278 e. The van der Waals surface area contributed by atoms with Gasteiger partial charge in [0.2, 0.25) is 0 Å². The Labute approximate surface area is 165 Å². The number of fused-ring (bicyclic) bond motifs is 1. The lowest BCUT2D eigenvalue weighted by molar-refractivity contribution is 0.634. The van der Waals surface area contributed by atoms with E-state index in [2.05, 4.69) is 37.2 Å². The maximum absolute atomic E-state index is 12.7. The highest BCUT2D eigenvalue weighted by atomic mass is 32.2. The number of hydrogen-bond donors (Lipinski definition) is 0. The third kappa shape index (κ3) is 3.31. The van der Waals surface area contributed by atoms with Crippen LogP contribution in [0.4, 0.5) is 0 Å². The average molecular weight is 390 g/mol. The molecule has 2 aromatic carbocycles. The van der Waals surface area contributed by atoms with Crippen LogP contribution in [0.1, 0.15) is 30.1 Å². The van der Waals surface area contributed by atoms with Gasteiger partial charge in [-0.3, -0.25) is 4.79 Å². The summed E-state index contributed by atoms with van der Waals surface area (Å²) in [6.45, 7) is 0.723. The van der Waals surface area contributed by atoms with Gasteiger partial charge < -0.3 is 4.57 Å². The summed E-state index contributed by atoms with van der Waals surface area (Å²) in [5.74, 6) is 1.87. The van der Waals surface area contributed by atoms with Crippen LogP contribution in [0.3, 0.4) is 0 Å². The first-order chi connectivity index (χ1) is 13.8. The minimum Gasteiger partial charge on any atom is -0.301 e. The normalized spacial score (nSPS) is 13.9. The third-order valence-corrected chi connectivity index (χ3v) is 5.75. The topological polar surface area (TPSA) is 78.5 Å². The standard InChI is InChI=1S/C20H18N6OS/c27-19-16-8-4-5-9-17(16)21-24-26(19)13-28-20-23-22-18(15-10-11-15)25(20)12-14-6-2-1-3-7-14/h1-9,15H,10-13H2. The first kappa shape index (κ1) is 17.1. The van der Waals surface area contributed by atoms with Crippen LogP contribution >= 0.6 is 11.8 Å². The molecule has 4 aromatic rings. The van der Waals surface area contributed by atoms with E-state index in [-0.39, 0.29) is 5.56 Å². The second-order valence-corrected chi connectivity index (χ2v) is 7.78. The Balaban J connectivity index is 1.43. The van der Waals surface area contributed by atoms with Crippen molar-refractivity contribution in [1.82, 2.24) is 29.8 Å². The lowest BCUT2D eigenvalue weighted by atomic mass is 10.2. The van der Waals surface area contributed by atoms with Crippen LogP contribution in [-0.2, 0) is 12.4 Å². The minimum atomic E-state index is -0.144. The first-order valence-electron chi connectivity index (χ1n) is 9.22. The van der Waals surface area contributed by atoms with Crippen LogP contribution < -0.4 is 5.56 Å². The molecule has 0 aliphatic heterocycles. The molecule has 5 rings (SSSR count). The lowest BCUT2D eigenvalue weighted by Crippen LogP contribution is -2.23. The second kappa shape index (κ2) is 7.20. The van der Waals surface area contributed by atoms with Crippen molar-refractivity contribution >= 4 is 22.7 Å². The predicted molar refractivity (Wildman–Crippen MR) is 107 cm³/mol. The Morgan fingerprint density at radius 1 is 0.964 bits per heavy atom. The van der Waals surface area contributed by atoms with Crippen LogP contribution in [-0.4, -0.2) is 29.8 Å². The van der Waals surface area contributed by atoms with Crippen molar-refractivity contribution in [3.05, 3.63) is 76.3 Å². The van der Waals surface area contributed by atoms with E-state index in [0.717, 1.165) is 30.4 Å². The first-order valence-corrected chi connectivity index (χ1v) is 10.2. The number of hydrogen-bond acceptors (Lipinski definition) is 6. The summed E-state index contributed by atoms with van der Waals surface area (Å²) in [5, 5.41) is 18.4. The van der Waals surface area contributed by atoms with E-state index in [4.69, 9.17) is 0 Å². The summed E-state index contributed by atoms with van der Waals surface area (Å²) in [5.41, 5.74) is 1.67. The van der Waals surface area contributed by atoms with Gasteiger partial charge in [-0.25, -0.2) is 0 Å². The second-order valence-electron chi connectivity index (χ2n) is 6.87. The average Bonchev–Trinajstić information content (AvgIpc) is 3.51. The van der Waals surface area contributed by atoms with Gasteiger partial charge in [-0.15, -0.1) is 15.3 Å². The van der Waals surface area contributed by atoms with Crippen molar-refractivity contribution in [1.29, 1.82) is 0 Å². The van der Waals surface area contributed by atoms with Crippen LogP contribution in [0.2, 0.25) is 0 Å². The molecule has 0 bridgehead atoms. The molecular weight excluding hydrogens is 372 g/mol. The monoisotopic (exact) mass is 390 g/mol. The summed E-state index contributed by atoms with van der Waals surface area (Å²) in [6, 6.07) is 17.5. The predicted octanol–water partition coefficient (Wildman–Crippen LogP) is 3.06. The van der Waals surface area contributed by atoms with Crippen LogP contribution in [0.5, 0.6) is 0 Å². The van der Waals surface area contributed by atoms with Gasteiger partial charge in [-0.05, 0) is 30.5 Å². The van der Waals surface area contributed by atoms with Gasteiger partial charge in [0, 0.05) is 5.92 Å². The van der Waals surface area contributed by atoms with Gasteiger partial charge >= 0.3 is 0 Å². The molecule has 1 aliphatic carbocycles. The smallest absolute Gasteiger partial charge is 0.278 e. The number of thioether (sulfide) groups is 1. The number of nitrogens with zero attached hydrogens (tertiary/aromatic N) is 6. The van der Waals surface area contributed by atoms with Crippen molar-refractivity contribution in [2.75, 3.05) is 0 Å². The van der Waals surface area contributed by atoms with Crippen molar-refractivity contribution < 1.29 is 0 Å². The summed E-state index contributed by atoms with van der Waals surface area (Å²) in [7, 11) is 0. The van der Waals surface area contributed by atoms with Crippen molar-refractivity contribution in [3.63, 3.8) is 0 Å². The molecule has 7 nitrogen and oxygen atoms in total. The molecule has 1 saturated carbocycles. The maximum atomic E-state index is 12.7. The molecule has 28 heavy (non-hydrogen) atoms. The molecule has 0 saturated heterocycles. The Hall–Kier alpha value is -3.00. The lowest BCUT2D eigenvalue weighted by Gasteiger charge is -2.10. The van der Waals surface area contributed by atoms with E-state index in [9.17, 15) is 4.79 Å². The molecule has 2 heterocycles. The Kier molecular flexibility index (Phi) is 4.40. The molecule has 140 valence electrons. The fourth-order valence-electron chi connectivity index (χ4n) is 3.19. The van der Waals surface area contributed by atoms with Crippen LogP contribution in [0, 0.1) is 0 Å². The molecule has 1 aliphatic rings. The van der Waals surface area contributed by atoms with E-state index in [0.29, 0.717) is 22.7 Å². The largest absolute Gasteiger partial charge is 0.301 e. The van der Waals surface area contributed by atoms with Crippen molar-refractivity contribution in [2.24, 2.45) is 0 Å². The number of benzene rings is 2. The molecule has 0 unspecified atom stereocenters. The van der Waals surface area contributed by atoms with Gasteiger partial charge in [0.15, 0.2) is 5.16 Å². The van der Waals surface area contributed by atoms with Crippen molar-refractivity contribution in [2.45, 2.75) is 36.3 Å². The molecular formula is C20H18N6OS. The zero-order chi connectivity index (χ0) is 18.9. The van der Waals surface area contributed by atoms with E-state index in [1.165, 1.54) is 22.0 Å². The van der Waals surface area contributed by atoms with Crippen LogP contribution in [0.15, 0.2) is 64.5 Å². The van der Waals surface area contributed by atoms with Gasteiger partial charge in [-0.2, -0.15) is 4.68 Å². The highest BCUT2D eigenvalue weighted by molar-refractivity contribution is 7.98. The Bertz CT molecular complexity index is 1180. The zero-order valence-corrected chi connectivity index (χ0v) is 15.9. The number of rotatable bonds is 6. The zero-order valence-electron chi connectivity index (χ0n) is 15.1. The summed E-state index contributed by atoms with van der Waals surface area (Å²) >= 11 is 1.46. The Morgan fingerprint density at radius 3 is 2.57 bits per heavy atom. The van der Waals surface area contributed by atoms with Crippen LogP contribution in [0.25, 0.3) is 10.9 Å². The molecule has 1 fully saturated rings. The van der Waals surface area contributed by atoms with E-state index in [1.807, 2.05) is 30.3 Å². The molecule has 8 heteroatoms. The van der Waals surface area contributed by atoms with E-state index >= 15 is 0 Å². The van der Waals surface area contributed by atoms with E-state index in [1.54, 1.807) is 12.1 Å². The minimum absolute atomic E-state index is 0.144. The number of aromatic nitrogens is 6. The molecule has 2 aromatic heterocycles. The molecule has 0 radical (unpaired) electrons. The fraction of sp³-hybridized carbons (Fsp3) is 0.250. The Morgan fingerprint density at radius 2 is 1.75 bits per heavy atom. The molecule has 0 N–H and O–H groups in total. The van der Waals surface area contributed by atoms with Gasteiger partial charge in [0.25, 0.3) is 5.56 Å².